The molecule has 0 aliphatic carbocycles. The van der Waals surface area contributed by atoms with Crippen molar-refractivity contribution in [1.29, 1.82) is 0 Å². The first-order valence-electron chi connectivity index (χ1n) is 3.94. The van der Waals surface area contributed by atoms with Gasteiger partial charge in [0.15, 0.2) is 0 Å². The number of nitrogens with two attached hydrogens (primary N) is 1. The third kappa shape index (κ3) is 3.05. The van der Waals surface area contributed by atoms with Gasteiger partial charge in [0.2, 0.25) is 4.33 Å². The third-order valence-corrected chi connectivity index (χ3v) is 2.24. The molecule has 0 aliphatic rings. The summed E-state index contributed by atoms with van der Waals surface area (Å²) < 4.78 is -1.64. The lowest BCUT2D eigenvalue weighted by Gasteiger charge is -2.08. The highest BCUT2D eigenvalue weighted by Gasteiger charge is 2.27. The Morgan fingerprint density at radius 1 is 1.29 bits per heavy atom. The van der Waals surface area contributed by atoms with Gasteiger partial charge < -0.3 is 5.73 Å². The molecule has 0 aromatic heterocycles. The van der Waals surface area contributed by atoms with Gasteiger partial charge in [-0.05, 0) is 11.6 Å². The molecule has 74 valence electrons. The van der Waals surface area contributed by atoms with Crippen molar-refractivity contribution in [2.45, 2.75) is 4.33 Å². The molecule has 1 aromatic rings. The second-order valence-electron chi connectivity index (χ2n) is 2.73. The Balaban J connectivity index is 2.79. The monoisotopic (exact) mass is 229 g/mol. The summed E-state index contributed by atoms with van der Waals surface area (Å²) in [6.45, 7) is 0. The number of carbonyl (C=O) groups excluding carboxylic acids is 1. The Kier molecular flexibility index (Phi) is 3.55. The van der Waals surface area contributed by atoms with E-state index in [9.17, 15) is 4.79 Å². The van der Waals surface area contributed by atoms with E-state index in [2.05, 4.69) is 0 Å². The molecule has 2 nitrogen and oxygen atoms in total. The zero-order chi connectivity index (χ0) is 10.6. The molecule has 1 amide bonds. The van der Waals surface area contributed by atoms with Crippen LogP contribution in [0.25, 0.3) is 6.08 Å². The van der Waals surface area contributed by atoms with E-state index >= 15 is 0 Å². The molecule has 14 heavy (non-hydrogen) atoms. The summed E-state index contributed by atoms with van der Waals surface area (Å²) in [6.07, 6.45) is 3.00. The van der Waals surface area contributed by atoms with Crippen LogP contribution >= 0.6 is 23.2 Å². The van der Waals surface area contributed by atoms with Crippen LogP contribution in [0.5, 0.6) is 0 Å². The van der Waals surface area contributed by atoms with E-state index < -0.39 is 10.2 Å². The molecule has 0 fully saturated rings. The smallest absolute Gasteiger partial charge is 0.257 e. The van der Waals surface area contributed by atoms with Crippen LogP contribution in [0, 0.1) is 0 Å². The zero-order valence-corrected chi connectivity index (χ0v) is 8.79. The first-order valence-corrected chi connectivity index (χ1v) is 4.70. The van der Waals surface area contributed by atoms with Crippen molar-refractivity contribution in [2.75, 3.05) is 0 Å². The lowest BCUT2D eigenvalue weighted by Crippen LogP contribution is -2.31. The standard InChI is InChI=1S/C10H9Cl2NO/c11-10(12,9(13)14)7-6-8-4-2-1-3-5-8/h1-7H,(H2,13,14). The van der Waals surface area contributed by atoms with Crippen LogP contribution < -0.4 is 5.73 Å². The van der Waals surface area contributed by atoms with Crippen LogP contribution in [0.4, 0.5) is 0 Å². The largest absolute Gasteiger partial charge is 0.367 e. The summed E-state index contributed by atoms with van der Waals surface area (Å²) >= 11 is 11.3. The molecular formula is C10H9Cl2NO. The van der Waals surface area contributed by atoms with E-state index in [1.54, 1.807) is 6.08 Å². The van der Waals surface area contributed by atoms with Gasteiger partial charge in [-0.3, -0.25) is 4.79 Å². The Hall–Kier alpha value is -0.990. The molecule has 0 saturated heterocycles. The van der Waals surface area contributed by atoms with Crippen molar-refractivity contribution in [3.8, 4) is 0 Å². The number of hydrogen-bond acceptors (Lipinski definition) is 1. The van der Waals surface area contributed by atoms with Gasteiger partial charge in [0.1, 0.15) is 0 Å². The van der Waals surface area contributed by atoms with E-state index in [1.807, 2.05) is 30.3 Å². The third-order valence-electron chi connectivity index (χ3n) is 1.61. The highest BCUT2D eigenvalue weighted by molar-refractivity contribution is 6.59. The summed E-state index contributed by atoms with van der Waals surface area (Å²) in [6, 6.07) is 9.35. The van der Waals surface area contributed by atoms with E-state index in [4.69, 9.17) is 28.9 Å². The van der Waals surface area contributed by atoms with E-state index in [0.29, 0.717) is 0 Å². The second-order valence-corrected chi connectivity index (χ2v) is 4.12. The van der Waals surface area contributed by atoms with Crippen molar-refractivity contribution in [2.24, 2.45) is 5.73 Å². The minimum atomic E-state index is -1.64. The van der Waals surface area contributed by atoms with Gasteiger partial charge >= 0.3 is 0 Å². The molecule has 0 spiro atoms. The minimum Gasteiger partial charge on any atom is -0.367 e. The quantitative estimate of drug-likeness (QED) is 0.795. The summed E-state index contributed by atoms with van der Waals surface area (Å²) in [7, 11) is 0. The van der Waals surface area contributed by atoms with E-state index in [-0.39, 0.29) is 0 Å². The maximum absolute atomic E-state index is 10.7. The number of hydrogen-bond donors (Lipinski definition) is 1. The first-order chi connectivity index (χ1) is 6.52. The molecule has 0 radical (unpaired) electrons. The number of primary amides is 1. The first kappa shape index (κ1) is 11.1. The van der Waals surface area contributed by atoms with Crippen LogP contribution in [-0.4, -0.2) is 10.2 Å². The Bertz CT molecular complexity index is 346. The maximum atomic E-state index is 10.7. The maximum Gasteiger partial charge on any atom is 0.257 e. The minimum absolute atomic E-state index is 0.784. The molecule has 4 heteroatoms. The predicted molar refractivity (Wildman–Crippen MR) is 59.1 cm³/mol. The number of carbonyl (C=O) groups is 1. The molecule has 1 rings (SSSR count). The second kappa shape index (κ2) is 4.49. The lowest BCUT2D eigenvalue weighted by atomic mass is 10.2. The zero-order valence-electron chi connectivity index (χ0n) is 7.28. The van der Waals surface area contributed by atoms with Crippen molar-refractivity contribution >= 4 is 35.2 Å². The van der Waals surface area contributed by atoms with Gasteiger partial charge in [-0.15, -0.1) is 0 Å². The highest BCUT2D eigenvalue weighted by Crippen LogP contribution is 2.23. The van der Waals surface area contributed by atoms with Crippen LogP contribution in [0.3, 0.4) is 0 Å². The average Bonchev–Trinajstić information content (AvgIpc) is 2.16. The van der Waals surface area contributed by atoms with Gasteiger partial charge in [-0.2, -0.15) is 0 Å². The molecule has 0 saturated carbocycles. The number of benzene rings is 1. The highest BCUT2D eigenvalue weighted by atomic mass is 35.5. The Morgan fingerprint density at radius 3 is 2.36 bits per heavy atom. The summed E-state index contributed by atoms with van der Waals surface area (Å²) in [5.74, 6) is -0.784. The average molecular weight is 230 g/mol. The fraction of sp³-hybridized carbons (Fsp3) is 0.100. The topological polar surface area (TPSA) is 43.1 Å². The van der Waals surface area contributed by atoms with Crippen molar-refractivity contribution in [3.05, 3.63) is 42.0 Å². The van der Waals surface area contributed by atoms with Gasteiger partial charge in [0.05, 0.1) is 0 Å². The number of alkyl halides is 2. The number of halogens is 2. The van der Waals surface area contributed by atoms with Gasteiger partial charge in [-0.25, -0.2) is 0 Å². The molecule has 0 unspecified atom stereocenters. The fourth-order valence-electron chi connectivity index (χ4n) is 0.847. The Labute approximate surface area is 92.3 Å². The fourth-order valence-corrected chi connectivity index (χ4v) is 0.973. The molecule has 0 aliphatic heterocycles. The SMILES string of the molecule is NC(=O)C(Cl)(Cl)C=Cc1ccccc1. The Morgan fingerprint density at radius 2 is 1.86 bits per heavy atom. The van der Waals surface area contributed by atoms with Crippen molar-refractivity contribution < 1.29 is 4.79 Å². The van der Waals surface area contributed by atoms with E-state index in [1.165, 1.54) is 6.08 Å². The molecular weight excluding hydrogens is 221 g/mol. The van der Waals surface area contributed by atoms with Crippen LogP contribution in [0.1, 0.15) is 5.56 Å². The lowest BCUT2D eigenvalue weighted by molar-refractivity contribution is -0.117. The predicted octanol–water partition coefficient (Wildman–Crippen LogP) is 2.36. The number of amides is 1. The number of rotatable bonds is 3. The molecule has 1 aromatic carbocycles. The van der Waals surface area contributed by atoms with Crippen molar-refractivity contribution in [3.63, 3.8) is 0 Å². The normalized spacial score (nSPS) is 11.9. The van der Waals surface area contributed by atoms with Crippen molar-refractivity contribution in [1.82, 2.24) is 0 Å². The molecule has 0 bridgehead atoms. The summed E-state index contributed by atoms with van der Waals surface area (Å²) in [5, 5.41) is 0. The van der Waals surface area contributed by atoms with Crippen LogP contribution in [0.2, 0.25) is 0 Å². The van der Waals surface area contributed by atoms with Gasteiger partial charge in [0, 0.05) is 0 Å². The van der Waals surface area contributed by atoms with Gasteiger partial charge in [0.25, 0.3) is 5.91 Å². The van der Waals surface area contributed by atoms with Gasteiger partial charge in [-0.1, -0.05) is 59.6 Å². The van der Waals surface area contributed by atoms with Crippen LogP contribution in [0.15, 0.2) is 36.4 Å². The summed E-state index contributed by atoms with van der Waals surface area (Å²) in [5.41, 5.74) is 5.88. The van der Waals surface area contributed by atoms with Crippen LogP contribution in [-0.2, 0) is 4.79 Å². The molecule has 0 atom stereocenters. The van der Waals surface area contributed by atoms with E-state index in [0.717, 1.165) is 5.56 Å². The molecule has 2 N–H and O–H groups in total. The molecule has 0 heterocycles. The summed E-state index contributed by atoms with van der Waals surface area (Å²) in [4.78, 5) is 10.7.